The summed E-state index contributed by atoms with van der Waals surface area (Å²) in [5.74, 6) is 0. The van der Waals surface area contributed by atoms with Crippen LogP contribution in [0.4, 0.5) is 4.39 Å². The van der Waals surface area contributed by atoms with Crippen LogP contribution in [0.5, 0.6) is 0 Å². The van der Waals surface area contributed by atoms with Gasteiger partial charge in [0.1, 0.15) is 5.67 Å². The van der Waals surface area contributed by atoms with E-state index >= 15 is 0 Å². The Morgan fingerprint density at radius 2 is 2.28 bits per heavy atom. The van der Waals surface area contributed by atoms with Crippen molar-refractivity contribution >= 4 is 0 Å². The Labute approximate surface area is 109 Å². The number of alkyl halides is 1. The van der Waals surface area contributed by atoms with Gasteiger partial charge >= 0.3 is 0 Å². The van der Waals surface area contributed by atoms with E-state index in [0.717, 1.165) is 31.5 Å². The number of nitrogens with zero attached hydrogens (tertiary/aromatic N) is 2. The number of rotatable bonds is 5. The van der Waals surface area contributed by atoms with Crippen LogP contribution in [0.15, 0.2) is 12.3 Å². The van der Waals surface area contributed by atoms with Gasteiger partial charge in [0.05, 0.1) is 11.7 Å². The van der Waals surface area contributed by atoms with Gasteiger partial charge in [0, 0.05) is 19.2 Å². The second kappa shape index (κ2) is 5.83. The third kappa shape index (κ3) is 3.10. The third-order valence-electron chi connectivity index (χ3n) is 3.90. The van der Waals surface area contributed by atoms with E-state index in [1.54, 1.807) is 0 Å². The molecule has 0 aliphatic carbocycles. The number of hydrogen-bond acceptors (Lipinski definition) is 2. The summed E-state index contributed by atoms with van der Waals surface area (Å²) in [7, 11) is 0. The molecule has 0 radical (unpaired) electrons. The predicted octanol–water partition coefficient (Wildman–Crippen LogP) is 2.88. The summed E-state index contributed by atoms with van der Waals surface area (Å²) in [6.07, 6.45) is 6.14. The van der Waals surface area contributed by atoms with Crippen LogP contribution in [0.1, 0.15) is 51.3 Å². The SMILES string of the molecule is CCC(CC)n1ccc(CC2(F)CCCNC2)n1. The third-order valence-corrected chi connectivity index (χ3v) is 3.90. The van der Waals surface area contributed by atoms with E-state index in [0.29, 0.717) is 25.4 Å². The number of halogens is 1. The summed E-state index contributed by atoms with van der Waals surface area (Å²) in [5.41, 5.74) is -0.223. The highest BCUT2D eigenvalue weighted by Gasteiger charge is 2.32. The van der Waals surface area contributed by atoms with Gasteiger partial charge in [-0.2, -0.15) is 5.10 Å². The molecule has 0 amide bonds. The van der Waals surface area contributed by atoms with Crippen molar-refractivity contribution < 1.29 is 4.39 Å². The topological polar surface area (TPSA) is 29.9 Å². The molecule has 1 fully saturated rings. The summed E-state index contributed by atoms with van der Waals surface area (Å²) < 4.78 is 16.5. The normalized spacial score (nSPS) is 24.7. The summed E-state index contributed by atoms with van der Waals surface area (Å²) in [4.78, 5) is 0. The summed E-state index contributed by atoms with van der Waals surface area (Å²) >= 11 is 0. The Balaban J connectivity index is 2.01. The monoisotopic (exact) mass is 253 g/mol. The first-order valence-corrected chi connectivity index (χ1v) is 7.10. The Morgan fingerprint density at radius 1 is 1.50 bits per heavy atom. The molecule has 1 aliphatic heterocycles. The van der Waals surface area contributed by atoms with E-state index in [9.17, 15) is 4.39 Å². The maximum atomic E-state index is 14.5. The lowest BCUT2D eigenvalue weighted by atomic mass is 9.91. The zero-order chi connectivity index (χ0) is 13.0. The largest absolute Gasteiger partial charge is 0.314 e. The molecule has 1 unspecified atom stereocenters. The minimum Gasteiger partial charge on any atom is -0.314 e. The Bertz CT molecular complexity index is 365. The fraction of sp³-hybridized carbons (Fsp3) is 0.786. The highest BCUT2D eigenvalue weighted by Crippen LogP contribution is 2.25. The maximum absolute atomic E-state index is 14.5. The molecule has 1 aromatic heterocycles. The van der Waals surface area contributed by atoms with Crippen LogP contribution in [-0.2, 0) is 6.42 Å². The summed E-state index contributed by atoms with van der Waals surface area (Å²) in [6.45, 7) is 5.73. The van der Waals surface area contributed by atoms with Crippen molar-refractivity contribution in [3.63, 3.8) is 0 Å². The molecule has 102 valence electrons. The minimum absolute atomic E-state index is 0.438. The zero-order valence-corrected chi connectivity index (χ0v) is 11.5. The lowest BCUT2D eigenvalue weighted by Crippen LogP contribution is -2.43. The number of piperidine rings is 1. The molecule has 18 heavy (non-hydrogen) atoms. The van der Waals surface area contributed by atoms with Gasteiger partial charge in [0.15, 0.2) is 0 Å². The molecule has 0 aromatic carbocycles. The highest BCUT2D eigenvalue weighted by molar-refractivity contribution is 5.06. The smallest absolute Gasteiger partial charge is 0.129 e. The molecule has 2 rings (SSSR count). The van der Waals surface area contributed by atoms with E-state index in [-0.39, 0.29) is 0 Å². The van der Waals surface area contributed by atoms with Crippen LogP contribution in [0.25, 0.3) is 0 Å². The van der Waals surface area contributed by atoms with Crippen molar-refractivity contribution in [2.75, 3.05) is 13.1 Å². The maximum Gasteiger partial charge on any atom is 0.129 e. The molecule has 1 N–H and O–H groups in total. The summed E-state index contributed by atoms with van der Waals surface area (Å²) in [5, 5.41) is 7.68. The van der Waals surface area contributed by atoms with Crippen molar-refractivity contribution in [3.05, 3.63) is 18.0 Å². The van der Waals surface area contributed by atoms with E-state index in [4.69, 9.17) is 0 Å². The van der Waals surface area contributed by atoms with Crippen molar-refractivity contribution in [1.29, 1.82) is 0 Å². The van der Waals surface area contributed by atoms with E-state index in [1.807, 2.05) is 16.9 Å². The van der Waals surface area contributed by atoms with Gasteiger partial charge in [0.25, 0.3) is 0 Å². The van der Waals surface area contributed by atoms with Gasteiger partial charge in [0.2, 0.25) is 0 Å². The number of hydrogen-bond donors (Lipinski definition) is 1. The number of aromatic nitrogens is 2. The zero-order valence-electron chi connectivity index (χ0n) is 11.5. The van der Waals surface area contributed by atoms with Crippen LogP contribution in [0, 0.1) is 0 Å². The Kier molecular flexibility index (Phi) is 4.38. The van der Waals surface area contributed by atoms with Crippen LogP contribution >= 0.6 is 0 Å². The van der Waals surface area contributed by atoms with Gasteiger partial charge < -0.3 is 5.32 Å². The molecule has 3 nitrogen and oxygen atoms in total. The first-order chi connectivity index (χ1) is 8.67. The molecule has 0 bridgehead atoms. The lowest BCUT2D eigenvalue weighted by Gasteiger charge is -2.29. The number of nitrogens with one attached hydrogen (secondary N) is 1. The van der Waals surface area contributed by atoms with Crippen LogP contribution < -0.4 is 5.32 Å². The van der Waals surface area contributed by atoms with Crippen LogP contribution in [0.2, 0.25) is 0 Å². The lowest BCUT2D eigenvalue weighted by molar-refractivity contribution is 0.121. The molecule has 0 spiro atoms. The quantitative estimate of drug-likeness (QED) is 0.874. The average molecular weight is 253 g/mol. The van der Waals surface area contributed by atoms with Gasteiger partial charge in [-0.05, 0) is 38.3 Å². The second-order valence-electron chi connectivity index (χ2n) is 5.37. The Morgan fingerprint density at radius 3 is 2.89 bits per heavy atom. The van der Waals surface area contributed by atoms with E-state index < -0.39 is 5.67 Å². The van der Waals surface area contributed by atoms with E-state index in [2.05, 4.69) is 24.3 Å². The highest BCUT2D eigenvalue weighted by atomic mass is 19.1. The first kappa shape index (κ1) is 13.5. The van der Waals surface area contributed by atoms with E-state index in [1.165, 1.54) is 0 Å². The summed E-state index contributed by atoms with van der Waals surface area (Å²) in [6, 6.07) is 2.41. The van der Waals surface area contributed by atoms with Gasteiger partial charge in [-0.3, -0.25) is 4.68 Å². The van der Waals surface area contributed by atoms with Gasteiger partial charge in [-0.15, -0.1) is 0 Å². The van der Waals surface area contributed by atoms with Gasteiger partial charge in [-0.1, -0.05) is 13.8 Å². The fourth-order valence-corrected chi connectivity index (χ4v) is 2.74. The predicted molar refractivity (Wildman–Crippen MR) is 71.5 cm³/mol. The standard InChI is InChI=1S/C14H24FN3/c1-3-13(4-2)18-9-6-12(17-18)10-14(15)7-5-8-16-11-14/h6,9,13,16H,3-5,7-8,10-11H2,1-2H3. The molecule has 1 aromatic rings. The average Bonchev–Trinajstić information content (AvgIpc) is 2.79. The molecule has 1 atom stereocenters. The minimum atomic E-state index is -1.11. The van der Waals surface area contributed by atoms with Crippen molar-refractivity contribution in [3.8, 4) is 0 Å². The Hall–Kier alpha value is -0.900. The fourth-order valence-electron chi connectivity index (χ4n) is 2.74. The first-order valence-electron chi connectivity index (χ1n) is 7.10. The molecular formula is C14H24FN3. The van der Waals surface area contributed by atoms with Crippen molar-refractivity contribution in [2.24, 2.45) is 0 Å². The molecule has 1 aliphatic rings. The molecular weight excluding hydrogens is 229 g/mol. The molecule has 1 saturated heterocycles. The van der Waals surface area contributed by atoms with Crippen LogP contribution in [-0.4, -0.2) is 28.5 Å². The van der Waals surface area contributed by atoms with Crippen LogP contribution in [0.3, 0.4) is 0 Å². The molecule has 2 heterocycles. The molecule has 4 heteroatoms. The van der Waals surface area contributed by atoms with Crippen molar-refractivity contribution in [1.82, 2.24) is 15.1 Å². The molecule has 0 saturated carbocycles. The van der Waals surface area contributed by atoms with Gasteiger partial charge in [-0.25, -0.2) is 4.39 Å². The van der Waals surface area contributed by atoms with Crippen molar-refractivity contribution in [2.45, 2.75) is 57.7 Å². The second-order valence-corrected chi connectivity index (χ2v) is 5.37.